The van der Waals surface area contributed by atoms with Gasteiger partial charge in [-0.25, -0.2) is 0 Å². The highest BCUT2D eigenvalue weighted by Gasteiger charge is 2.14. The largest absolute Gasteiger partial charge is 0.456 e. The quantitative estimate of drug-likeness (QED) is 0.717. The molecule has 0 amide bonds. The van der Waals surface area contributed by atoms with E-state index < -0.39 is 0 Å². The maximum Gasteiger partial charge on any atom is 0.306 e. The van der Waals surface area contributed by atoms with Crippen LogP contribution in [0.2, 0.25) is 0 Å². The van der Waals surface area contributed by atoms with Crippen molar-refractivity contribution in [3.8, 4) is 0 Å². The topological polar surface area (TPSA) is 39.2 Å². The summed E-state index contributed by atoms with van der Waals surface area (Å²) in [6.45, 7) is 5.90. The molecule has 0 saturated heterocycles. The molecule has 0 fully saturated rings. The average Bonchev–Trinajstić information content (AvgIpc) is 2.29. The van der Waals surface area contributed by atoms with Gasteiger partial charge in [-0.3, -0.25) is 9.78 Å². The van der Waals surface area contributed by atoms with Gasteiger partial charge in [-0.2, -0.15) is 0 Å². The van der Waals surface area contributed by atoms with E-state index in [9.17, 15) is 4.79 Å². The fraction of sp³-hybridized carbons (Fsp3) is 0.538. The van der Waals surface area contributed by atoms with Crippen LogP contribution in [0.25, 0.3) is 0 Å². The van der Waals surface area contributed by atoms with Crippen LogP contribution in [-0.4, -0.2) is 11.0 Å². The van der Waals surface area contributed by atoms with Crippen molar-refractivity contribution in [2.75, 3.05) is 0 Å². The predicted octanol–water partition coefficient (Wildman–Crippen LogP) is 3.05. The standard InChI is InChI=1S/C13H19NO2/c1-4-7-12(15)16-10(3)13-11(5-2)8-6-9-14-13/h6,8-10H,4-5,7H2,1-3H3. The molecule has 1 unspecified atom stereocenters. The van der Waals surface area contributed by atoms with Gasteiger partial charge in [-0.15, -0.1) is 0 Å². The monoisotopic (exact) mass is 221 g/mol. The first-order chi connectivity index (χ1) is 7.69. The number of hydrogen-bond acceptors (Lipinski definition) is 3. The molecule has 1 aromatic rings. The van der Waals surface area contributed by atoms with Crippen molar-refractivity contribution in [2.24, 2.45) is 0 Å². The Morgan fingerprint density at radius 3 is 2.88 bits per heavy atom. The molecule has 0 saturated carbocycles. The minimum Gasteiger partial charge on any atom is -0.456 e. The first kappa shape index (κ1) is 12.7. The van der Waals surface area contributed by atoms with Crippen molar-refractivity contribution in [1.82, 2.24) is 4.98 Å². The molecule has 1 atom stereocenters. The van der Waals surface area contributed by atoms with Crippen LogP contribution >= 0.6 is 0 Å². The molecule has 1 heterocycles. The normalized spacial score (nSPS) is 12.2. The molecule has 88 valence electrons. The second kappa shape index (κ2) is 6.26. The molecule has 1 rings (SSSR count). The molecule has 0 N–H and O–H groups in total. The predicted molar refractivity (Wildman–Crippen MR) is 63.0 cm³/mol. The van der Waals surface area contributed by atoms with Gasteiger partial charge in [0.1, 0.15) is 6.10 Å². The maximum atomic E-state index is 11.4. The fourth-order valence-corrected chi connectivity index (χ4v) is 1.63. The van der Waals surface area contributed by atoms with Crippen molar-refractivity contribution in [1.29, 1.82) is 0 Å². The number of aryl methyl sites for hydroxylation is 1. The molecule has 0 aliphatic rings. The molecular weight excluding hydrogens is 202 g/mol. The van der Waals surface area contributed by atoms with Crippen LogP contribution in [0.1, 0.15) is 51.0 Å². The second-order valence-corrected chi connectivity index (χ2v) is 3.78. The molecule has 3 nitrogen and oxygen atoms in total. The van der Waals surface area contributed by atoms with Crippen LogP contribution in [0.5, 0.6) is 0 Å². The third-order valence-corrected chi connectivity index (χ3v) is 2.45. The Hall–Kier alpha value is -1.38. The lowest BCUT2D eigenvalue weighted by Gasteiger charge is -2.15. The van der Waals surface area contributed by atoms with E-state index in [1.54, 1.807) is 6.20 Å². The van der Waals surface area contributed by atoms with Gasteiger partial charge >= 0.3 is 5.97 Å². The average molecular weight is 221 g/mol. The number of pyridine rings is 1. The Kier molecular flexibility index (Phi) is 4.96. The minimum absolute atomic E-state index is 0.150. The zero-order valence-electron chi connectivity index (χ0n) is 10.2. The number of aromatic nitrogens is 1. The van der Waals surface area contributed by atoms with Crippen LogP contribution in [0.4, 0.5) is 0 Å². The summed E-state index contributed by atoms with van der Waals surface area (Å²) < 4.78 is 5.32. The number of ether oxygens (including phenoxy) is 1. The van der Waals surface area contributed by atoms with Crippen molar-refractivity contribution in [3.05, 3.63) is 29.6 Å². The number of carbonyl (C=O) groups is 1. The summed E-state index contributed by atoms with van der Waals surface area (Å²) in [5.41, 5.74) is 2.01. The smallest absolute Gasteiger partial charge is 0.306 e. The molecule has 16 heavy (non-hydrogen) atoms. The van der Waals surface area contributed by atoms with Gasteiger partial charge in [0, 0.05) is 12.6 Å². The molecular formula is C13H19NO2. The van der Waals surface area contributed by atoms with E-state index in [1.807, 2.05) is 26.0 Å². The third-order valence-electron chi connectivity index (χ3n) is 2.45. The lowest BCUT2D eigenvalue weighted by Crippen LogP contribution is -2.11. The Balaban J connectivity index is 2.72. The molecule has 0 aromatic carbocycles. The summed E-state index contributed by atoms with van der Waals surface area (Å²) in [6.07, 6.45) is 3.67. The van der Waals surface area contributed by atoms with E-state index in [4.69, 9.17) is 4.74 Å². The molecule has 0 aliphatic heterocycles. The van der Waals surface area contributed by atoms with E-state index in [1.165, 1.54) is 0 Å². The Morgan fingerprint density at radius 1 is 1.50 bits per heavy atom. The fourth-order valence-electron chi connectivity index (χ4n) is 1.63. The van der Waals surface area contributed by atoms with E-state index in [-0.39, 0.29) is 12.1 Å². The first-order valence-electron chi connectivity index (χ1n) is 5.82. The molecule has 0 radical (unpaired) electrons. The molecule has 0 aliphatic carbocycles. The number of rotatable bonds is 5. The molecule has 1 aromatic heterocycles. The van der Waals surface area contributed by atoms with Gasteiger partial charge in [0.2, 0.25) is 0 Å². The van der Waals surface area contributed by atoms with Crippen molar-refractivity contribution in [2.45, 2.75) is 46.1 Å². The van der Waals surface area contributed by atoms with Crippen LogP contribution in [-0.2, 0) is 16.0 Å². The lowest BCUT2D eigenvalue weighted by molar-refractivity contribution is -0.148. The van der Waals surface area contributed by atoms with Gasteiger partial charge in [0.25, 0.3) is 0 Å². The van der Waals surface area contributed by atoms with Crippen molar-refractivity contribution < 1.29 is 9.53 Å². The zero-order valence-corrected chi connectivity index (χ0v) is 10.2. The Labute approximate surface area is 96.8 Å². The summed E-state index contributed by atoms with van der Waals surface area (Å²) in [7, 11) is 0. The summed E-state index contributed by atoms with van der Waals surface area (Å²) in [4.78, 5) is 15.7. The molecule has 0 bridgehead atoms. The summed E-state index contributed by atoms with van der Waals surface area (Å²) in [5, 5.41) is 0. The zero-order chi connectivity index (χ0) is 12.0. The number of hydrogen-bond donors (Lipinski definition) is 0. The maximum absolute atomic E-state index is 11.4. The van der Waals surface area contributed by atoms with Crippen LogP contribution in [0, 0.1) is 0 Å². The molecule has 0 spiro atoms. The number of esters is 1. The van der Waals surface area contributed by atoms with E-state index >= 15 is 0 Å². The van der Waals surface area contributed by atoms with Gasteiger partial charge in [-0.1, -0.05) is 19.9 Å². The van der Waals surface area contributed by atoms with E-state index in [2.05, 4.69) is 11.9 Å². The van der Waals surface area contributed by atoms with Gasteiger partial charge < -0.3 is 4.74 Å². The second-order valence-electron chi connectivity index (χ2n) is 3.78. The summed E-state index contributed by atoms with van der Waals surface area (Å²) in [5.74, 6) is -0.150. The minimum atomic E-state index is -0.254. The Morgan fingerprint density at radius 2 is 2.25 bits per heavy atom. The van der Waals surface area contributed by atoms with Crippen LogP contribution in [0.3, 0.4) is 0 Å². The SMILES string of the molecule is CCCC(=O)OC(C)c1ncccc1CC. The summed E-state index contributed by atoms with van der Waals surface area (Å²) >= 11 is 0. The van der Waals surface area contributed by atoms with E-state index in [0.717, 1.165) is 24.1 Å². The van der Waals surface area contributed by atoms with Crippen molar-refractivity contribution in [3.63, 3.8) is 0 Å². The number of nitrogens with zero attached hydrogens (tertiary/aromatic N) is 1. The van der Waals surface area contributed by atoms with Crippen molar-refractivity contribution >= 4 is 5.97 Å². The van der Waals surface area contributed by atoms with Crippen LogP contribution < -0.4 is 0 Å². The summed E-state index contributed by atoms with van der Waals surface area (Å²) in [6, 6.07) is 3.93. The number of carbonyl (C=O) groups excluding carboxylic acids is 1. The molecule has 3 heteroatoms. The van der Waals surface area contributed by atoms with Crippen LogP contribution in [0.15, 0.2) is 18.3 Å². The first-order valence-corrected chi connectivity index (χ1v) is 5.82. The Bertz CT molecular complexity index is 350. The van der Waals surface area contributed by atoms with Gasteiger partial charge in [0.05, 0.1) is 5.69 Å². The highest BCUT2D eigenvalue weighted by Crippen LogP contribution is 2.19. The highest BCUT2D eigenvalue weighted by molar-refractivity contribution is 5.69. The highest BCUT2D eigenvalue weighted by atomic mass is 16.5. The van der Waals surface area contributed by atoms with Gasteiger partial charge in [0.15, 0.2) is 0 Å². The third kappa shape index (κ3) is 3.33. The lowest BCUT2D eigenvalue weighted by atomic mass is 10.1. The van der Waals surface area contributed by atoms with Gasteiger partial charge in [-0.05, 0) is 31.4 Å². The van der Waals surface area contributed by atoms with E-state index in [0.29, 0.717) is 6.42 Å².